The van der Waals surface area contributed by atoms with Crippen LogP contribution in [0.5, 0.6) is 0 Å². The number of benzene rings is 1. The molecule has 1 heterocycles. The molecule has 0 aliphatic rings. The van der Waals surface area contributed by atoms with Crippen molar-refractivity contribution in [2.45, 2.75) is 0 Å². The van der Waals surface area contributed by atoms with Gasteiger partial charge in [0.2, 0.25) is 0 Å². The van der Waals surface area contributed by atoms with Crippen molar-refractivity contribution in [3.63, 3.8) is 0 Å². The van der Waals surface area contributed by atoms with Crippen LogP contribution in [0, 0.1) is 10.1 Å². The highest BCUT2D eigenvalue weighted by molar-refractivity contribution is 5.80. The summed E-state index contributed by atoms with van der Waals surface area (Å²) >= 11 is 0. The Morgan fingerprint density at radius 1 is 1.57 bits per heavy atom. The van der Waals surface area contributed by atoms with Crippen molar-refractivity contribution in [3.8, 4) is 0 Å². The number of nitro groups is 1. The van der Waals surface area contributed by atoms with E-state index in [4.69, 9.17) is 4.84 Å². The normalized spacial score (nSPS) is 10.4. The number of aromatic nitrogens is 2. The molecule has 0 saturated carbocycles. The number of non-ortho nitro benzene ring substituents is 1. The molecule has 0 atom stereocenters. The van der Waals surface area contributed by atoms with Gasteiger partial charge >= 0.3 is 0 Å². The van der Waals surface area contributed by atoms with Crippen LogP contribution in [0.4, 0.5) is 5.69 Å². The van der Waals surface area contributed by atoms with E-state index in [9.17, 15) is 10.1 Å². The van der Waals surface area contributed by atoms with Crippen LogP contribution in [-0.4, -0.2) is 22.0 Å². The number of rotatable bonds is 2. The Morgan fingerprint density at radius 2 is 2.36 bits per heavy atom. The van der Waals surface area contributed by atoms with Crippen LogP contribution in [-0.2, 0) is 0 Å². The zero-order chi connectivity index (χ0) is 10.1. The highest BCUT2D eigenvalue weighted by Crippen LogP contribution is 2.19. The van der Waals surface area contributed by atoms with Crippen LogP contribution in [0.2, 0.25) is 0 Å². The summed E-state index contributed by atoms with van der Waals surface area (Å²) in [5.74, 6) is 0. The van der Waals surface area contributed by atoms with Crippen molar-refractivity contribution in [3.05, 3.63) is 34.5 Å². The van der Waals surface area contributed by atoms with E-state index in [0.717, 1.165) is 5.39 Å². The van der Waals surface area contributed by atoms with Crippen LogP contribution >= 0.6 is 0 Å². The highest BCUT2D eigenvalue weighted by Gasteiger charge is 2.09. The van der Waals surface area contributed by atoms with Gasteiger partial charge in [0.05, 0.1) is 11.1 Å². The summed E-state index contributed by atoms with van der Waals surface area (Å²) in [5.41, 5.74) is 0.609. The summed E-state index contributed by atoms with van der Waals surface area (Å²) in [6.45, 7) is 0. The van der Waals surface area contributed by atoms with Crippen molar-refractivity contribution < 1.29 is 9.76 Å². The molecule has 0 spiro atoms. The van der Waals surface area contributed by atoms with Gasteiger partial charge in [-0.05, 0) is 6.07 Å². The lowest BCUT2D eigenvalue weighted by atomic mass is 10.2. The van der Waals surface area contributed by atoms with Gasteiger partial charge in [0.1, 0.15) is 12.6 Å². The predicted octanol–water partition coefficient (Wildman–Crippen LogP) is 1.00. The maximum atomic E-state index is 10.5. The summed E-state index contributed by atoms with van der Waals surface area (Å²) in [7, 11) is 1.45. The molecule has 14 heavy (non-hydrogen) atoms. The fourth-order valence-corrected chi connectivity index (χ4v) is 1.24. The number of hydrogen-bond donors (Lipinski definition) is 0. The van der Waals surface area contributed by atoms with Gasteiger partial charge < -0.3 is 4.84 Å². The lowest BCUT2D eigenvalue weighted by molar-refractivity contribution is -0.384. The van der Waals surface area contributed by atoms with Crippen LogP contribution in [0.3, 0.4) is 0 Å². The third kappa shape index (κ3) is 1.17. The van der Waals surface area contributed by atoms with E-state index in [1.54, 1.807) is 12.3 Å². The zero-order valence-electron chi connectivity index (χ0n) is 7.38. The first-order chi connectivity index (χ1) is 6.72. The van der Waals surface area contributed by atoms with Crippen LogP contribution in [0.1, 0.15) is 0 Å². The maximum absolute atomic E-state index is 10.5. The summed E-state index contributed by atoms with van der Waals surface area (Å²) in [4.78, 5) is 16.2. The quantitative estimate of drug-likeness (QED) is 0.527. The van der Waals surface area contributed by atoms with Crippen molar-refractivity contribution in [1.82, 2.24) is 9.94 Å². The first kappa shape index (κ1) is 8.49. The lowest BCUT2D eigenvalue weighted by Gasteiger charge is -1.98. The molecule has 0 aliphatic carbocycles. The van der Waals surface area contributed by atoms with Crippen molar-refractivity contribution in [1.29, 1.82) is 0 Å². The van der Waals surface area contributed by atoms with E-state index in [1.165, 1.54) is 24.1 Å². The van der Waals surface area contributed by atoms with E-state index in [2.05, 4.69) is 5.10 Å². The SMILES string of the molecule is COn1ncc2ccc([N+](=O)[O-])cc21. The Morgan fingerprint density at radius 3 is 3.00 bits per heavy atom. The van der Waals surface area contributed by atoms with Gasteiger partial charge in [-0.1, -0.05) is 4.85 Å². The maximum Gasteiger partial charge on any atom is 0.271 e. The van der Waals surface area contributed by atoms with E-state index >= 15 is 0 Å². The summed E-state index contributed by atoms with van der Waals surface area (Å²) < 4.78 is 0. The number of nitrogens with zero attached hydrogens (tertiary/aromatic N) is 3. The second-order valence-corrected chi connectivity index (χ2v) is 2.70. The number of hydrogen-bond acceptors (Lipinski definition) is 4. The summed E-state index contributed by atoms with van der Waals surface area (Å²) in [6, 6.07) is 4.49. The van der Waals surface area contributed by atoms with Gasteiger partial charge in [-0.2, -0.15) is 0 Å². The Kier molecular flexibility index (Phi) is 1.81. The van der Waals surface area contributed by atoms with E-state index in [1.807, 2.05) is 0 Å². The second kappa shape index (κ2) is 2.99. The fraction of sp³-hybridized carbons (Fsp3) is 0.125. The second-order valence-electron chi connectivity index (χ2n) is 2.70. The Bertz CT molecular complexity index is 492. The molecule has 0 unspecified atom stereocenters. The molecule has 0 bridgehead atoms. The molecule has 0 aliphatic heterocycles. The molecule has 0 amide bonds. The minimum Gasteiger partial charge on any atom is -0.399 e. The number of nitro benzene ring substituents is 1. The molecular formula is C8H7N3O3. The topological polar surface area (TPSA) is 70.2 Å². The minimum atomic E-state index is -0.452. The molecule has 0 fully saturated rings. The minimum absolute atomic E-state index is 0.0244. The smallest absolute Gasteiger partial charge is 0.271 e. The Hall–Kier alpha value is -2.11. The molecule has 2 rings (SSSR count). The fourth-order valence-electron chi connectivity index (χ4n) is 1.24. The molecule has 6 heteroatoms. The average Bonchev–Trinajstić information content (AvgIpc) is 2.59. The van der Waals surface area contributed by atoms with Gasteiger partial charge in [-0.3, -0.25) is 10.1 Å². The van der Waals surface area contributed by atoms with Gasteiger partial charge in [-0.25, -0.2) is 0 Å². The third-order valence-electron chi connectivity index (χ3n) is 1.91. The molecule has 0 saturated heterocycles. The average molecular weight is 193 g/mol. The van der Waals surface area contributed by atoms with Gasteiger partial charge in [0, 0.05) is 17.5 Å². The predicted molar refractivity (Wildman–Crippen MR) is 48.9 cm³/mol. The van der Waals surface area contributed by atoms with Crippen molar-refractivity contribution >= 4 is 16.6 Å². The largest absolute Gasteiger partial charge is 0.399 e. The first-order valence-electron chi connectivity index (χ1n) is 3.89. The third-order valence-corrected chi connectivity index (χ3v) is 1.91. The molecule has 6 nitrogen and oxygen atoms in total. The van der Waals surface area contributed by atoms with E-state index in [0.29, 0.717) is 5.52 Å². The highest BCUT2D eigenvalue weighted by atomic mass is 16.7. The Balaban J connectivity index is 2.67. The first-order valence-corrected chi connectivity index (χ1v) is 3.89. The molecule has 2 aromatic rings. The van der Waals surface area contributed by atoms with Gasteiger partial charge in [0.25, 0.3) is 5.69 Å². The standard InChI is InChI=1S/C8H7N3O3/c1-14-10-8-4-7(11(12)13)3-2-6(8)5-9-10/h2-5H,1H3. The molecule has 0 radical (unpaired) electrons. The van der Waals surface area contributed by atoms with Crippen LogP contribution < -0.4 is 4.84 Å². The Labute approximate surface area is 78.8 Å². The zero-order valence-corrected chi connectivity index (χ0v) is 7.38. The van der Waals surface area contributed by atoms with Gasteiger partial charge in [-0.15, -0.1) is 5.10 Å². The van der Waals surface area contributed by atoms with Crippen LogP contribution in [0.15, 0.2) is 24.4 Å². The lowest BCUT2D eigenvalue weighted by Crippen LogP contribution is -2.06. The monoisotopic (exact) mass is 193 g/mol. The van der Waals surface area contributed by atoms with Crippen molar-refractivity contribution in [2.75, 3.05) is 7.11 Å². The summed E-state index contributed by atoms with van der Waals surface area (Å²) in [5, 5.41) is 15.2. The van der Waals surface area contributed by atoms with Gasteiger partial charge in [0.15, 0.2) is 0 Å². The molecular weight excluding hydrogens is 186 g/mol. The van der Waals surface area contributed by atoms with Crippen LogP contribution in [0.25, 0.3) is 10.9 Å². The van der Waals surface area contributed by atoms with Crippen molar-refractivity contribution in [2.24, 2.45) is 0 Å². The molecule has 72 valence electrons. The molecule has 1 aromatic carbocycles. The summed E-state index contributed by atoms with van der Waals surface area (Å²) in [6.07, 6.45) is 1.59. The van der Waals surface area contributed by atoms with E-state index < -0.39 is 4.92 Å². The molecule has 0 N–H and O–H groups in total. The molecule has 1 aromatic heterocycles. The number of fused-ring (bicyclic) bond motifs is 1. The van der Waals surface area contributed by atoms with E-state index in [-0.39, 0.29) is 5.69 Å².